The van der Waals surface area contributed by atoms with Gasteiger partial charge in [-0.25, -0.2) is 0 Å². The molecule has 0 saturated heterocycles. The molecule has 0 N–H and O–H groups in total. The standard InChI is InChI=1S/C30H52/c1-19(2)21(4)30(7)18-27(30)20(3)24-13-14-25-23-12-11-22-10-8-9-16-28(22,5)26(23)15-17-29(24,25)6/h19-27H,8-18H2,1-7H3/t20-,21+,22-,23-,24+,25-,26-,27+,28-,29+,30+/m0/s1. The molecule has 0 aromatic heterocycles. The lowest BCUT2D eigenvalue weighted by Crippen LogP contribution is -2.53. The summed E-state index contributed by atoms with van der Waals surface area (Å²) in [6.45, 7) is 18.3. The van der Waals surface area contributed by atoms with Crippen molar-refractivity contribution in [2.45, 2.75) is 119 Å². The second-order valence-corrected chi connectivity index (χ2v) is 14.3. The van der Waals surface area contributed by atoms with Crippen LogP contribution in [0.25, 0.3) is 0 Å². The molecule has 0 aromatic carbocycles. The second-order valence-electron chi connectivity index (χ2n) is 14.3. The zero-order valence-electron chi connectivity index (χ0n) is 21.5. The molecule has 5 saturated carbocycles. The number of hydrogen-bond acceptors (Lipinski definition) is 0. The molecular weight excluding hydrogens is 360 g/mol. The zero-order chi connectivity index (χ0) is 21.5. The molecule has 5 rings (SSSR count). The molecule has 0 unspecified atom stereocenters. The molecule has 5 fully saturated rings. The van der Waals surface area contributed by atoms with Gasteiger partial charge in [0, 0.05) is 0 Å². The van der Waals surface area contributed by atoms with Gasteiger partial charge in [-0.2, -0.15) is 0 Å². The maximum Gasteiger partial charge on any atom is -0.0264 e. The molecule has 5 aliphatic rings. The third-order valence-electron chi connectivity index (χ3n) is 13.3. The normalized spacial score (nSPS) is 54.8. The largest absolute Gasteiger partial charge is 0.0625 e. The Morgan fingerprint density at radius 3 is 2.13 bits per heavy atom. The topological polar surface area (TPSA) is 0 Å². The number of rotatable bonds is 4. The van der Waals surface area contributed by atoms with Crippen LogP contribution in [0, 0.1) is 69.5 Å². The highest BCUT2D eigenvalue weighted by molar-refractivity contribution is 5.12. The van der Waals surface area contributed by atoms with Crippen LogP contribution in [0.3, 0.4) is 0 Å². The van der Waals surface area contributed by atoms with E-state index in [0.717, 1.165) is 53.3 Å². The highest BCUT2D eigenvalue weighted by Crippen LogP contribution is 2.71. The minimum atomic E-state index is 0.632. The summed E-state index contributed by atoms with van der Waals surface area (Å²) in [5.41, 5.74) is 1.99. The van der Waals surface area contributed by atoms with Gasteiger partial charge < -0.3 is 0 Å². The van der Waals surface area contributed by atoms with E-state index >= 15 is 0 Å². The van der Waals surface area contributed by atoms with E-state index in [9.17, 15) is 0 Å². The molecule has 172 valence electrons. The Hall–Kier alpha value is 0. The van der Waals surface area contributed by atoms with Crippen LogP contribution in [-0.4, -0.2) is 0 Å². The van der Waals surface area contributed by atoms with Gasteiger partial charge in [-0.05, 0) is 127 Å². The first-order valence-corrected chi connectivity index (χ1v) is 14.1. The summed E-state index contributed by atoms with van der Waals surface area (Å²) in [5, 5.41) is 0. The van der Waals surface area contributed by atoms with Crippen LogP contribution in [0.15, 0.2) is 0 Å². The van der Waals surface area contributed by atoms with Gasteiger partial charge in [0.25, 0.3) is 0 Å². The van der Waals surface area contributed by atoms with E-state index < -0.39 is 0 Å². The van der Waals surface area contributed by atoms with Gasteiger partial charge in [-0.1, -0.05) is 61.3 Å². The van der Waals surface area contributed by atoms with Crippen molar-refractivity contribution in [2.24, 2.45) is 69.5 Å². The van der Waals surface area contributed by atoms with Gasteiger partial charge >= 0.3 is 0 Å². The van der Waals surface area contributed by atoms with Crippen LogP contribution in [0.2, 0.25) is 0 Å². The van der Waals surface area contributed by atoms with Gasteiger partial charge in [-0.3, -0.25) is 0 Å². The molecule has 0 nitrogen and oxygen atoms in total. The van der Waals surface area contributed by atoms with Crippen LogP contribution in [0.5, 0.6) is 0 Å². The van der Waals surface area contributed by atoms with Crippen LogP contribution in [-0.2, 0) is 0 Å². The van der Waals surface area contributed by atoms with Gasteiger partial charge in [0.05, 0.1) is 0 Å². The van der Waals surface area contributed by atoms with Gasteiger partial charge in [0.15, 0.2) is 0 Å². The summed E-state index contributed by atoms with van der Waals surface area (Å²) in [5.74, 6) is 8.92. The highest BCUT2D eigenvalue weighted by Gasteiger charge is 2.64. The Bertz CT molecular complexity index is 648. The molecule has 0 bridgehead atoms. The van der Waals surface area contributed by atoms with Crippen molar-refractivity contribution in [1.82, 2.24) is 0 Å². The average Bonchev–Trinajstić information content (AvgIpc) is 3.28. The third kappa shape index (κ3) is 2.96. The predicted molar refractivity (Wildman–Crippen MR) is 129 cm³/mol. The van der Waals surface area contributed by atoms with E-state index in [1.807, 2.05) is 0 Å². The summed E-state index contributed by atoms with van der Waals surface area (Å²) in [4.78, 5) is 0. The summed E-state index contributed by atoms with van der Waals surface area (Å²) < 4.78 is 0. The molecule has 30 heavy (non-hydrogen) atoms. The van der Waals surface area contributed by atoms with Crippen molar-refractivity contribution < 1.29 is 0 Å². The summed E-state index contributed by atoms with van der Waals surface area (Å²) in [6.07, 6.45) is 17.0. The van der Waals surface area contributed by atoms with Crippen LogP contribution >= 0.6 is 0 Å². The Balaban J connectivity index is 1.34. The first-order chi connectivity index (χ1) is 14.1. The van der Waals surface area contributed by atoms with Gasteiger partial charge in [0.2, 0.25) is 0 Å². The van der Waals surface area contributed by atoms with E-state index in [1.54, 1.807) is 51.4 Å². The maximum absolute atomic E-state index is 2.78. The minimum absolute atomic E-state index is 0.632. The van der Waals surface area contributed by atoms with Crippen molar-refractivity contribution in [3.05, 3.63) is 0 Å². The van der Waals surface area contributed by atoms with E-state index in [0.29, 0.717) is 16.2 Å². The predicted octanol–water partition coefficient (Wildman–Crippen LogP) is 8.99. The van der Waals surface area contributed by atoms with Crippen molar-refractivity contribution >= 4 is 0 Å². The zero-order valence-corrected chi connectivity index (χ0v) is 21.5. The summed E-state index contributed by atoms with van der Waals surface area (Å²) >= 11 is 0. The quantitative estimate of drug-likeness (QED) is 0.432. The first kappa shape index (κ1) is 21.8. The van der Waals surface area contributed by atoms with Crippen molar-refractivity contribution in [2.75, 3.05) is 0 Å². The smallest absolute Gasteiger partial charge is 0.0264 e. The number of fused-ring (bicyclic) bond motifs is 5. The molecule has 0 spiro atoms. The average molecular weight is 413 g/mol. The lowest BCUT2D eigenvalue weighted by Gasteiger charge is -2.61. The fourth-order valence-electron chi connectivity index (χ4n) is 11.0. The van der Waals surface area contributed by atoms with E-state index in [4.69, 9.17) is 0 Å². The fourth-order valence-corrected chi connectivity index (χ4v) is 11.0. The van der Waals surface area contributed by atoms with Crippen molar-refractivity contribution in [3.63, 3.8) is 0 Å². The van der Waals surface area contributed by atoms with Crippen molar-refractivity contribution in [1.29, 1.82) is 0 Å². The van der Waals surface area contributed by atoms with Crippen LogP contribution < -0.4 is 0 Å². The molecule has 0 aliphatic heterocycles. The summed E-state index contributed by atoms with van der Waals surface area (Å²) in [7, 11) is 0. The van der Waals surface area contributed by atoms with Gasteiger partial charge in [0.1, 0.15) is 0 Å². The molecule has 0 radical (unpaired) electrons. The first-order valence-electron chi connectivity index (χ1n) is 14.1. The Labute approximate surface area is 188 Å². The van der Waals surface area contributed by atoms with Crippen LogP contribution in [0.1, 0.15) is 119 Å². The molecule has 0 amide bonds. The van der Waals surface area contributed by atoms with E-state index in [-0.39, 0.29) is 0 Å². The molecule has 0 aromatic rings. The number of hydrogen-bond donors (Lipinski definition) is 0. The lowest BCUT2D eigenvalue weighted by molar-refractivity contribution is -0.115. The molecule has 0 heteroatoms. The maximum atomic E-state index is 2.78. The Morgan fingerprint density at radius 1 is 0.667 bits per heavy atom. The Morgan fingerprint density at radius 2 is 1.40 bits per heavy atom. The van der Waals surface area contributed by atoms with Gasteiger partial charge in [-0.15, -0.1) is 0 Å². The lowest BCUT2D eigenvalue weighted by atomic mass is 9.44. The van der Waals surface area contributed by atoms with E-state index in [2.05, 4.69) is 48.5 Å². The molecular formula is C30H52. The van der Waals surface area contributed by atoms with Crippen LogP contribution in [0.4, 0.5) is 0 Å². The molecule has 0 heterocycles. The molecule has 11 atom stereocenters. The van der Waals surface area contributed by atoms with E-state index in [1.165, 1.54) is 19.3 Å². The van der Waals surface area contributed by atoms with Crippen molar-refractivity contribution in [3.8, 4) is 0 Å². The Kier molecular flexibility index (Phi) is 5.27. The monoisotopic (exact) mass is 412 g/mol. The second kappa shape index (κ2) is 7.25. The SMILES string of the molecule is CC(C)[C@@H](C)[C@@]1(C)C[C@@H]1[C@@H](C)[C@H]1CC[C@H]2[C@@H]3CC[C@@H]4CCCC[C@]4(C)[C@H]3CC[C@]12C. The minimum Gasteiger partial charge on any atom is -0.0625 e. The summed E-state index contributed by atoms with van der Waals surface area (Å²) in [6, 6.07) is 0. The fraction of sp³-hybridized carbons (Fsp3) is 1.00. The molecule has 5 aliphatic carbocycles. The third-order valence-corrected chi connectivity index (χ3v) is 13.3. The highest BCUT2D eigenvalue weighted by atomic mass is 14.7.